The number of pyridine rings is 1. The van der Waals surface area contributed by atoms with Crippen molar-refractivity contribution in [3.63, 3.8) is 0 Å². The molecule has 1 aromatic carbocycles. The summed E-state index contributed by atoms with van der Waals surface area (Å²) in [7, 11) is 1.59. The highest BCUT2D eigenvalue weighted by Crippen LogP contribution is 2.41. The van der Waals surface area contributed by atoms with Crippen molar-refractivity contribution in [2.75, 3.05) is 13.7 Å². The van der Waals surface area contributed by atoms with E-state index in [4.69, 9.17) is 9.47 Å². The number of carboxylic acids is 1. The number of benzene rings is 1. The summed E-state index contributed by atoms with van der Waals surface area (Å²) in [6.45, 7) is 2.53. The van der Waals surface area contributed by atoms with Crippen molar-refractivity contribution >= 4 is 5.97 Å². The van der Waals surface area contributed by atoms with Gasteiger partial charge in [-0.15, -0.1) is 0 Å². The third kappa shape index (κ3) is 3.65. The molecule has 2 aliphatic rings. The first kappa shape index (κ1) is 20.0. The van der Waals surface area contributed by atoms with Crippen molar-refractivity contribution in [1.29, 1.82) is 0 Å². The normalized spacial score (nSPS) is 17.0. The first-order valence-electron chi connectivity index (χ1n) is 10.2. The van der Waals surface area contributed by atoms with Crippen LogP contribution in [0.3, 0.4) is 0 Å². The van der Waals surface area contributed by atoms with Crippen LogP contribution in [0, 0.1) is 0 Å². The number of rotatable bonds is 6. The summed E-state index contributed by atoms with van der Waals surface area (Å²) >= 11 is 0. The molecule has 4 rings (SSSR count). The number of fused-ring (bicyclic) bond motifs is 3. The Kier molecular flexibility index (Phi) is 5.48. The molecule has 1 aromatic heterocycles. The number of ether oxygens (including phenoxy) is 2. The molecule has 2 heterocycles. The fourth-order valence-corrected chi connectivity index (χ4v) is 4.14. The van der Waals surface area contributed by atoms with Gasteiger partial charge in [-0.25, -0.2) is 4.79 Å². The van der Waals surface area contributed by atoms with Crippen molar-refractivity contribution in [2.45, 2.75) is 38.6 Å². The van der Waals surface area contributed by atoms with E-state index >= 15 is 0 Å². The van der Waals surface area contributed by atoms with Gasteiger partial charge in [0.25, 0.3) is 0 Å². The monoisotopic (exact) mass is 407 g/mol. The van der Waals surface area contributed by atoms with Crippen LogP contribution in [-0.4, -0.2) is 29.4 Å². The van der Waals surface area contributed by atoms with Crippen molar-refractivity contribution < 1.29 is 19.4 Å². The van der Waals surface area contributed by atoms with E-state index in [1.54, 1.807) is 7.11 Å². The lowest BCUT2D eigenvalue weighted by molar-refractivity contribution is 0.0694. The standard InChI is InChI=1S/C24H25NO5/c1-3-17-9-16-10-23(30-14-15-7-5-4-6-8-15)22(29-2)11-18(16)20-12-21(26)19(24(27)28)13-25(17)20/h5,7-8,10-13,17H,3-4,6,9,14H2,1-2H3,(H,27,28)/t17-/m1/s1. The molecule has 6 nitrogen and oxygen atoms in total. The maximum atomic E-state index is 12.4. The Bertz CT molecular complexity index is 1110. The van der Waals surface area contributed by atoms with E-state index in [0.29, 0.717) is 23.8 Å². The molecule has 0 spiro atoms. The number of aromatic carboxylic acids is 1. The molecule has 156 valence electrons. The van der Waals surface area contributed by atoms with Crippen molar-refractivity contribution in [1.82, 2.24) is 4.57 Å². The predicted molar refractivity (Wildman–Crippen MR) is 115 cm³/mol. The molecule has 1 aliphatic carbocycles. The molecule has 0 radical (unpaired) electrons. The average Bonchev–Trinajstić information content (AvgIpc) is 2.76. The van der Waals surface area contributed by atoms with Gasteiger partial charge in [0.15, 0.2) is 16.9 Å². The Morgan fingerprint density at radius 2 is 2.07 bits per heavy atom. The van der Waals surface area contributed by atoms with E-state index in [0.717, 1.165) is 42.4 Å². The Balaban J connectivity index is 1.76. The average molecular weight is 407 g/mol. The van der Waals surface area contributed by atoms with Gasteiger partial charge in [0.1, 0.15) is 12.2 Å². The number of methoxy groups -OCH3 is 1. The molecule has 1 aliphatic heterocycles. The van der Waals surface area contributed by atoms with Crippen LogP contribution in [0.25, 0.3) is 11.3 Å². The number of carboxylic acid groups (broad SMARTS) is 1. The van der Waals surface area contributed by atoms with Crippen LogP contribution in [0.15, 0.2) is 53.0 Å². The zero-order valence-corrected chi connectivity index (χ0v) is 17.2. The van der Waals surface area contributed by atoms with E-state index in [1.807, 2.05) is 16.7 Å². The van der Waals surface area contributed by atoms with Gasteiger partial charge in [0, 0.05) is 23.9 Å². The molecule has 6 heteroatoms. The number of nitrogens with zero attached hydrogens (tertiary/aromatic N) is 1. The van der Waals surface area contributed by atoms with Gasteiger partial charge in [-0.2, -0.15) is 0 Å². The first-order valence-corrected chi connectivity index (χ1v) is 10.2. The third-order valence-electron chi connectivity index (χ3n) is 5.76. The van der Waals surface area contributed by atoms with Crippen LogP contribution in [0.2, 0.25) is 0 Å². The van der Waals surface area contributed by atoms with E-state index in [2.05, 4.69) is 25.2 Å². The fraction of sp³-hybridized carbons (Fsp3) is 0.333. The number of hydrogen-bond donors (Lipinski definition) is 1. The Hall–Kier alpha value is -3.28. The number of allylic oxidation sites excluding steroid dienone is 2. The van der Waals surface area contributed by atoms with Crippen molar-refractivity contribution in [3.05, 3.63) is 69.5 Å². The highest BCUT2D eigenvalue weighted by Gasteiger charge is 2.27. The summed E-state index contributed by atoms with van der Waals surface area (Å²) in [4.78, 5) is 23.8. The predicted octanol–water partition coefficient (Wildman–Crippen LogP) is 4.38. The summed E-state index contributed by atoms with van der Waals surface area (Å²) in [6.07, 6.45) is 11.5. The lowest BCUT2D eigenvalue weighted by atomic mass is 9.90. The molecular weight excluding hydrogens is 382 g/mol. The highest BCUT2D eigenvalue weighted by molar-refractivity contribution is 5.87. The minimum Gasteiger partial charge on any atom is -0.493 e. The highest BCUT2D eigenvalue weighted by atomic mass is 16.5. The van der Waals surface area contributed by atoms with Gasteiger partial charge >= 0.3 is 5.97 Å². The number of aromatic nitrogens is 1. The number of hydrogen-bond acceptors (Lipinski definition) is 4. The van der Waals surface area contributed by atoms with Crippen molar-refractivity contribution in [2.24, 2.45) is 0 Å². The van der Waals surface area contributed by atoms with E-state index < -0.39 is 11.4 Å². The SMILES string of the molecule is CC[C@@H]1Cc2cc(OCC3=CCCC=C3)c(OC)cc2-c2cc(=O)c(C(=O)O)cn21. The van der Waals surface area contributed by atoms with Gasteiger partial charge < -0.3 is 19.1 Å². The topological polar surface area (TPSA) is 77.8 Å². The van der Waals surface area contributed by atoms with Gasteiger partial charge in [-0.3, -0.25) is 4.79 Å². The lowest BCUT2D eigenvalue weighted by Gasteiger charge is -2.31. The molecule has 0 saturated carbocycles. The molecule has 0 unspecified atom stereocenters. The van der Waals surface area contributed by atoms with Crippen molar-refractivity contribution in [3.8, 4) is 22.8 Å². The summed E-state index contributed by atoms with van der Waals surface area (Å²) in [5, 5.41) is 9.35. The summed E-state index contributed by atoms with van der Waals surface area (Å²) in [5.74, 6) is 0.0534. The Labute approximate surface area is 175 Å². The second-order valence-electron chi connectivity index (χ2n) is 7.62. The van der Waals surface area contributed by atoms with E-state index in [-0.39, 0.29) is 11.6 Å². The molecular formula is C24H25NO5. The van der Waals surface area contributed by atoms with Crippen LogP contribution < -0.4 is 14.9 Å². The third-order valence-corrected chi connectivity index (χ3v) is 5.76. The fourth-order valence-electron chi connectivity index (χ4n) is 4.14. The summed E-state index contributed by atoms with van der Waals surface area (Å²) < 4.78 is 13.5. The zero-order chi connectivity index (χ0) is 21.3. The van der Waals surface area contributed by atoms with Gasteiger partial charge in [0.2, 0.25) is 0 Å². The molecule has 0 saturated heterocycles. The largest absolute Gasteiger partial charge is 0.493 e. The van der Waals surface area contributed by atoms with Gasteiger partial charge in [0.05, 0.1) is 12.8 Å². The zero-order valence-electron chi connectivity index (χ0n) is 17.2. The molecule has 30 heavy (non-hydrogen) atoms. The van der Waals surface area contributed by atoms with Crippen LogP contribution in [0.4, 0.5) is 0 Å². The summed E-state index contributed by atoms with van der Waals surface area (Å²) in [6, 6.07) is 5.36. The maximum Gasteiger partial charge on any atom is 0.341 e. The van der Waals surface area contributed by atoms with Crippen LogP contribution >= 0.6 is 0 Å². The second-order valence-corrected chi connectivity index (χ2v) is 7.62. The molecule has 0 fully saturated rings. The van der Waals surface area contributed by atoms with E-state index in [9.17, 15) is 14.7 Å². The minimum absolute atomic E-state index is 0.0661. The van der Waals surface area contributed by atoms with Crippen LogP contribution in [0.1, 0.15) is 48.1 Å². The Morgan fingerprint density at radius 1 is 1.23 bits per heavy atom. The quantitative estimate of drug-likeness (QED) is 0.769. The lowest BCUT2D eigenvalue weighted by Crippen LogP contribution is -2.25. The molecule has 0 amide bonds. The maximum absolute atomic E-state index is 12.4. The summed E-state index contributed by atoms with van der Waals surface area (Å²) in [5.41, 5.74) is 3.09. The second kappa shape index (κ2) is 8.22. The number of carbonyl (C=O) groups is 1. The van der Waals surface area contributed by atoms with Crippen LogP contribution in [-0.2, 0) is 6.42 Å². The van der Waals surface area contributed by atoms with Gasteiger partial charge in [-0.05, 0) is 49.0 Å². The molecule has 0 bridgehead atoms. The minimum atomic E-state index is -1.21. The van der Waals surface area contributed by atoms with Crippen LogP contribution in [0.5, 0.6) is 11.5 Å². The molecule has 2 aromatic rings. The first-order chi connectivity index (χ1) is 14.5. The van der Waals surface area contributed by atoms with Gasteiger partial charge in [-0.1, -0.05) is 25.2 Å². The Morgan fingerprint density at radius 3 is 2.73 bits per heavy atom. The molecule has 1 atom stereocenters. The molecule has 1 N–H and O–H groups in total. The van der Waals surface area contributed by atoms with E-state index in [1.165, 1.54) is 12.3 Å². The smallest absolute Gasteiger partial charge is 0.341 e.